The number of anilines is 1. The normalized spacial score (nSPS) is 15.8. The maximum absolute atomic E-state index is 11.1. The molecule has 1 aromatic rings. The fraction of sp³-hybridized carbons (Fsp3) is 0.364. The lowest BCUT2D eigenvalue weighted by Gasteiger charge is -2.26. The van der Waals surface area contributed by atoms with Gasteiger partial charge in [0, 0.05) is 17.3 Å². The number of benzene rings is 1. The molecule has 1 aliphatic rings. The second-order valence-corrected chi connectivity index (χ2v) is 3.58. The van der Waals surface area contributed by atoms with Gasteiger partial charge in [-0.05, 0) is 19.1 Å². The van der Waals surface area contributed by atoms with Crippen LogP contribution in [0.5, 0.6) is 5.75 Å². The van der Waals surface area contributed by atoms with E-state index in [1.54, 1.807) is 18.2 Å². The molecule has 80 valence electrons. The van der Waals surface area contributed by atoms with Crippen LogP contribution >= 0.6 is 0 Å². The first-order valence-corrected chi connectivity index (χ1v) is 4.81. The Morgan fingerprint density at radius 2 is 2.27 bits per heavy atom. The molecule has 0 aliphatic carbocycles. The van der Waals surface area contributed by atoms with Gasteiger partial charge in [0.05, 0.1) is 13.2 Å². The number of hydrogen-bond donors (Lipinski definition) is 1. The molecule has 1 aromatic carbocycles. The van der Waals surface area contributed by atoms with Crippen molar-refractivity contribution in [2.24, 2.45) is 0 Å². The Morgan fingerprint density at radius 3 is 2.73 bits per heavy atom. The predicted octanol–water partition coefficient (Wildman–Crippen LogP) is 1.25. The van der Waals surface area contributed by atoms with Crippen LogP contribution in [-0.4, -0.2) is 25.1 Å². The van der Waals surface area contributed by atoms with Crippen LogP contribution in [0.25, 0.3) is 0 Å². The van der Waals surface area contributed by atoms with Gasteiger partial charge in [-0.3, -0.25) is 4.79 Å². The molecule has 0 radical (unpaired) electrons. The zero-order valence-electron chi connectivity index (χ0n) is 8.53. The van der Waals surface area contributed by atoms with Gasteiger partial charge in [-0.2, -0.15) is 0 Å². The van der Waals surface area contributed by atoms with Crippen LogP contribution in [-0.2, 0) is 4.74 Å². The third-order valence-electron chi connectivity index (χ3n) is 2.31. The standard InChI is InChI=1S/C11H13NO3/c1-7(13)10-3-2-8(4-11(10)12)15-9-5-14-6-9/h2-4,9H,5-6,12H2,1H3. The van der Waals surface area contributed by atoms with Crippen molar-refractivity contribution in [1.29, 1.82) is 0 Å². The molecule has 0 unspecified atom stereocenters. The van der Waals surface area contributed by atoms with E-state index < -0.39 is 0 Å². The molecule has 1 heterocycles. The van der Waals surface area contributed by atoms with E-state index in [-0.39, 0.29) is 11.9 Å². The highest BCUT2D eigenvalue weighted by Gasteiger charge is 2.20. The molecule has 4 nitrogen and oxygen atoms in total. The van der Waals surface area contributed by atoms with Crippen LogP contribution < -0.4 is 10.5 Å². The zero-order chi connectivity index (χ0) is 10.8. The van der Waals surface area contributed by atoms with Crippen molar-refractivity contribution in [2.75, 3.05) is 18.9 Å². The van der Waals surface area contributed by atoms with E-state index in [4.69, 9.17) is 15.2 Å². The average Bonchev–Trinajstić information content (AvgIpc) is 2.11. The second kappa shape index (κ2) is 3.90. The fourth-order valence-corrected chi connectivity index (χ4v) is 1.41. The van der Waals surface area contributed by atoms with E-state index in [2.05, 4.69) is 0 Å². The topological polar surface area (TPSA) is 61.5 Å². The van der Waals surface area contributed by atoms with E-state index in [0.717, 1.165) is 0 Å². The van der Waals surface area contributed by atoms with Gasteiger partial charge in [-0.25, -0.2) is 0 Å². The number of nitrogen functional groups attached to an aromatic ring is 1. The minimum atomic E-state index is -0.0361. The number of carbonyl (C=O) groups excluding carboxylic acids is 1. The summed E-state index contributed by atoms with van der Waals surface area (Å²) in [5.41, 5.74) is 6.72. The minimum Gasteiger partial charge on any atom is -0.486 e. The molecule has 0 amide bonds. The molecule has 0 aromatic heterocycles. The number of nitrogens with two attached hydrogens (primary N) is 1. The lowest BCUT2D eigenvalue weighted by Crippen LogP contribution is -2.38. The lowest BCUT2D eigenvalue weighted by atomic mass is 10.1. The molecule has 2 N–H and O–H groups in total. The summed E-state index contributed by atoms with van der Waals surface area (Å²) in [6.07, 6.45) is 0.118. The van der Waals surface area contributed by atoms with Crippen LogP contribution in [0.2, 0.25) is 0 Å². The van der Waals surface area contributed by atoms with E-state index >= 15 is 0 Å². The van der Waals surface area contributed by atoms with Crippen molar-refractivity contribution in [3.63, 3.8) is 0 Å². The third kappa shape index (κ3) is 2.10. The van der Waals surface area contributed by atoms with Gasteiger partial charge >= 0.3 is 0 Å². The zero-order valence-corrected chi connectivity index (χ0v) is 8.53. The maximum atomic E-state index is 11.1. The molecule has 4 heteroatoms. The van der Waals surface area contributed by atoms with Gasteiger partial charge in [0.15, 0.2) is 5.78 Å². The summed E-state index contributed by atoms with van der Waals surface area (Å²) in [6.45, 7) is 2.73. The number of carbonyl (C=O) groups is 1. The first-order valence-electron chi connectivity index (χ1n) is 4.81. The molecule has 1 saturated heterocycles. The lowest BCUT2D eigenvalue weighted by molar-refractivity contribution is -0.0796. The Morgan fingerprint density at radius 1 is 1.53 bits per heavy atom. The molecular formula is C11H13NO3. The highest BCUT2D eigenvalue weighted by molar-refractivity contribution is 5.99. The summed E-state index contributed by atoms with van der Waals surface area (Å²) < 4.78 is 10.5. The molecule has 1 fully saturated rings. The molecule has 0 bridgehead atoms. The summed E-state index contributed by atoms with van der Waals surface area (Å²) in [4.78, 5) is 11.1. The molecular weight excluding hydrogens is 194 g/mol. The highest BCUT2D eigenvalue weighted by Crippen LogP contribution is 2.22. The number of Topliss-reactive ketones (excluding diaryl/α,β-unsaturated/α-hetero) is 1. The van der Waals surface area contributed by atoms with Gasteiger partial charge in [-0.15, -0.1) is 0 Å². The van der Waals surface area contributed by atoms with Crippen LogP contribution in [0.3, 0.4) is 0 Å². The third-order valence-corrected chi connectivity index (χ3v) is 2.31. The van der Waals surface area contributed by atoms with Crippen molar-refractivity contribution < 1.29 is 14.3 Å². The van der Waals surface area contributed by atoms with Crippen LogP contribution in [0, 0.1) is 0 Å². The Bertz CT molecular complexity index is 385. The van der Waals surface area contributed by atoms with Crippen molar-refractivity contribution in [1.82, 2.24) is 0 Å². The van der Waals surface area contributed by atoms with E-state index in [9.17, 15) is 4.79 Å². The van der Waals surface area contributed by atoms with Crippen molar-refractivity contribution in [2.45, 2.75) is 13.0 Å². The summed E-state index contributed by atoms with van der Waals surface area (Å²) >= 11 is 0. The van der Waals surface area contributed by atoms with Crippen molar-refractivity contribution >= 4 is 11.5 Å². The Labute approximate surface area is 88.0 Å². The maximum Gasteiger partial charge on any atom is 0.161 e. The van der Waals surface area contributed by atoms with E-state index in [1.165, 1.54) is 6.92 Å². The monoisotopic (exact) mass is 207 g/mol. The Balaban J connectivity index is 2.13. The largest absolute Gasteiger partial charge is 0.486 e. The number of rotatable bonds is 3. The SMILES string of the molecule is CC(=O)c1ccc(OC2COC2)cc1N. The van der Waals surface area contributed by atoms with E-state index in [1.807, 2.05) is 0 Å². The van der Waals surface area contributed by atoms with Crippen molar-refractivity contribution in [3.05, 3.63) is 23.8 Å². The first kappa shape index (κ1) is 9.98. The summed E-state index contributed by atoms with van der Waals surface area (Å²) in [5, 5.41) is 0. The average molecular weight is 207 g/mol. The molecule has 1 aliphatic heterocycles. The number of ketones is 1. The van der Waals surface area contributed by atoms with Crippen LogP contribution in [0.1, 0.15) is 17.3 Å². The summed E-state index contributed by atoms with van der Waals surface area (Å²) in [5.74, 6) is 0.650. The van der Waals surface area contributed by atoms with Gasteiger partial charge in [-0.1, -0.05) is 0 Å². The first-order chi connectivity index (χ1) is 7.16. The Kier molecular flexibility index (Phi) is 2.60. The quantitative estimate of drug-likeness (QED) is 0.598. The van der Waals surface area contributed by atoms with Gasteiger partial charge < -0.3 is 15.2 Å². The Hall–Kier alpha value is -1.55. The molecule has 0 saturated carbocycles. The molecule has 0 spiro atoms. The second-order valence-electron chi connectivity index (χ2n) is 3.58. The molecule has 15 heavy (non-hydrogen) atoms. The number of ether oxygens (including phenoxy) is 2. The van der Waals surface area contributed by atoms with Crippen LogP contribution in [0.15, 0.2) is 18.2 Å². The summed E-state index contributed by atoms with van der Waals surface area (Å²) in [6, 6.07) is 5.12. The minimum absolute atomic E-state index is 0.0361. The molecule has 0 atom stereocenters. The van der Waals surface area contributed by atoms with E-state index in [0.29, 0.717) is 30.2 Å². The summed E-state index contributed by atoms with van der Waals surface area (Å²) in [7, 11) is 0. The van der Waals surface area contributed by atoms with Crippen molar-refractivity contribution in [3.8, 4) is 5.75 Å². The van der Waals surface area contributed by atoms with Gasteiger partial charge in [0.25, 0.3) is 0 Å². The predicted molar refractivity (Wildman–Crippen MR) is 56.1 cm³/mol. The fourth-order valence-electron chi connectivity index (χ4n) is 1.41. The number of hydrogen-bond acceptors (Lipinski definition) is 4. The van der Waals surface area contributed by atoms with Gasteiger partial charge in [0.2, 0.25) is 0 Å². The van der Waals surface area contributed by atoms with Gasteiger partial charge in [0.1, 0.15) is 11.9 Å². The van der Waals surface area contributed by atoms with Crippen LogP contribution in [0.4, 0.5) is 5.69 Å². The highest BCUT2D eigenvalue weighted by atomic mass is 16.6. The smallest absolute Gasteiger partial charge is 0.161 e. The molecule has 2 rings (SSSR count).